The summed E-state index contributed by atoms with van der Waals surface area (Å²) in [6.45, 7) is 8.81. The predicted molar refractivity (Wildman–Crippen MR) is 118 cm³/mol. The highest BCUT2D eigenvalue weighted by Gasteiger charge is 2.27. The highest BCUT2D eigenvalue weighted by molar-refractivity contribution is 5.45. The van der Waals surface area contributed by atoms with Gasteiger partial charge in [0.2, 0.25) is 0 Å². The van der Waals surface area contributed by atoms with Crippen LogP contribution in [0.3, 0.4) is 0 Å². The van der Waals surface area contributed by atoms with Crippen molar-refractivity contribution in [3.8, 4) is 11.5 Å². The van der Waals surface area contributed by atoms with Crippen LogP contribution in [0.2, 0.25) is 0 Å². The number of benzene rings is 2. The van der Waals surface area contributed by atoms with Crippen molar-refractivity contribution in [3.63, 3.8) is 0 Å². The van der Waals surface area contributed by atoms with E-state index in [4.69, 9.17) is 9.47 Å². The second kappa shape index (κ2) is 8.76. The number of fused-ring (bicyclic) bond motifs is 1. The molecule has 1 unspecified atom stereocenters. The van der Waals surface area contributed by atoms with Gasteiger partial charge in [0.05, 0.1) is 7.11 Å². The minimum atomic E-state index is 0.332. The van der Waals surface area contributed by atoms with Gasteiger partial charge in [-0.2, -0.15) is 0 Å². The molecule has 2 aromatic carbocycles. The van der Waals surface area contributed by atoms with Crippen molar-refractivity contribution in [1.29, 1.82) is 0 Å². The van der Waals surface area contributed by atoms with Crippen LogP contribution in [0.4, 0.5) is 0 Å². The highest BCUT2D eigenvalue weighted by atomic mass is 16.5. The molecule has 2 aromatic rings. The molecule has 0 bridgehead atoms. The molecule has 0 aliphatic carbocycles. The SMILES string of the molecule is COc1cccc(C2CN(C)Cc3cc(OC4CCN(C(C)C)CC4)ccc32)c1. The molecule has 1 atom stereocenters. The van der Waals surface area contributed by atoms with E-state index in [1.807, 2.05) is 6.07 Å². The molecule has 1 saturated heterocycles. The average Bonchev–Trinajstić information content (AvgIpc) is 2.73. The Kier molecular flexibility index (Phi) is 6.12. The lowest BCUT2D eigenvalue weighted by atomic mass is 9.84. The molecule has 0 saturated carbocycles. The summed E-state index contributed by atoms with van der Waals surface area (Å²) in [5, 5.41) is 0. The third-order valence-corrected chi connectivity index (χ3v) is 6.43. The maximum absolute atomic E-state index is 6.40. The van der Waals surface area contributed by atoms with Crippen LogP contribution in [0.15, 0.2) is 42.5 Å². The molecule has 4 rings (SSSR count). The number of methoxy groups -OCH3 is 1. The second-order valence-corrected chi connectivity index (χ2v) is 8.83. The van der Waals surface area contributed by atoms with E-state index in [-0.39, 0.29) is 0 Å². The minimum absolute atomic E-state index is 0.332. The van der Waals surface area contributed by atoms with Gasteiger partial charge >= 0.3 is 0 Å². The third-order valence-electron chi connectivity index (χ3n) is 6.43. The first-order valence-corrected chi connectivity index (χ1v) is 10.9. The Bertz CT molecular complexity index is 827. The van der Waals surface area contributed by atoms with Crippen LogP contribution in [0.5, 0.6) is 11.5 Å². The molecule has 4 nitrogen and oxygen atoms in total. The Morgan fingerprint density at radius 1 is 1.00 bits per heavy atom. The summed E-state index contributed by atoms with van der Waals surface area (Å²) >= 11 is 0. The highest BCUT2D eigenvalue weighted by Crippen LogP contribution is 2.36. The number of hydrogen-bond acceptors (Lipinski definition) is 4. The van der Waals surface area contributed by atoms with E-state index < -0.39 is 0 Å². The maximum atomic E-state index is 6.40. The Labute approximate surface area is 175 Å². The number of nitrogens with zero attached hydrogens (tertiary/aromatic N) is 2. The Morgan fingerprint density at radius 2 is 1.79 bits per heavy atom. The van der Waals surface area contributed by atoms with Gasteiger partial charge in [-0.1, -0.05) is 18.2 Å². The first-order valence-electron chi connectivity index (χ1n) is 10.9. The first kappa shape index (κ1) is 20.2. The van der Waals surface area contributed by atoms with Crippen LogP contribution in [-0.2, 0) is 6.54 Å². The summed E-state index contributed by atoms with van der Waals surface area (Å²) < 4.78 is 11.8. The molecule has 4 heteroatoms. The van der Waals surface area contributed by atoms with Crippen molar-refractivity contribution in [2.75, 3.05) is 33.8 Å². The third kappa shape index (κ3) is 4.59. The number of piperidine rings is 1. The lowest BCUT2D eigenvalue weighted by Gasteiger charge is -2.35. The number of likely N-dealkylation sites (tertiary alicyclic amines) is 1. The topological polar surface area (TPSA) is 24.9 Å². The van der Waals surface area contributed by atoms with Gasteiger partial charge in [0.1, 0.15) is 17.6 Å². The zero-order valence-corrected chi connectivity index (χ0v) is 18.2. The molecule has 156 valence electrons. The molecule has 0 amide bonds. The quantitative estimate of drug-likeness (QED) is 0.744. The Morgan fingerprint density at radius 3 is 2.52 bits per heavy atom. The van der Waals surface area contributed by atoms with Crippen LogP contribution in [0.1, 0.15) is 49.3 Å². The van der Waals surface area contributed by atoms with Crippen LogP contribution < -0.4 is 9.47 Å². The molecule has 2 heterocycles. The molecular weight excluding hydrogens is 360 g/mol. The molecule has 2 aliphatic rings. The monoisotopic (exact) mass is 394 g/mol. The number of rotatable bonds is 5. The summed E-state index contributed by atoms with van der Waals surface area (Å²) in [4.78, 5) is 4.94. The summed E-state index contributed by atoms with van der Waals surface area (Å²) in [7, 11) is 3.93. The normalized spacial score (nSPS) is 21.2. The van der Waals surface area contributed by atoms with Gasteiger partial charge in [0.15, 0.2) is 0 Å². The number of ether oxygens (including phenoxy) is 2. The van der Waals surface area contributed by atoms with Gasteiger partial charge in [0.25, 0.3) is 0 Å². The Balaban J connectivity index is 1.51. The van der Waals surface area contributed by atoms with Gasteiger partial charge in [-0.05, 0) is 74.7 Å². The van der Waals surface area contributed by atoms with E-state index >= 15 is 0 Å². The number of likely N-dealkylation sites (N-methyl/N-ethyl adjacent to an activating group) is 1. The standard InChI is InChI=1S/C25H34N2O2/c1-18(2)27-12-10-21(11-13-27)29-23-8-9-24-20(15-23)16-26(3)17-25(24)19-6-5-7-22(14-19)28-4/h5-9,14-15,18,21,25H,10-13,16-17H2,1-4H3. The van der Waals surface area contributed by atoms with Crippen molar-refractivity contribution >= 4 is 0 Å². The Hall–Kier alpha value is -2.04. The smallest absolute Gasteiger partial charge is 0.120 e. The van der Waals surface area contributed by atoms with E-state index in [0.717, 1.165) is 50.5 Å². The van der Waals surface area contributed by atoms with Gasteiger partial charge in [0, 0.05) is 38.1 Å². The van der Waals surface area contributed by atoms with Crippen LogP contribution in [0.25, 0.3) is 0 Å². The first-order chi connectivity index (χ1) is 14.0. The summed E-state index contributed by atoms with van der Waals surface area (Å²) in [5.74, 6) is 2.30. The zero-order valence-electron chi connectivity index (χ0n) is 18.2. The van der Waals surface area contributed by atoms with E-state index in [1.54, 1.807) is 7.11 Å². The van der Waals surface area contributed by atoms with E-state index in [9.17, 15) is 0 Å². The van der Waals surface area contributed by atoms with Crippen molar-refractivity contribution in [1.82, 2.24) is 9.80 Å². The lowest BCUT2D eigenvalue weighted by molar-refractivity contribution is 0.0841. The molecule has 0 N–H and O–H groups in total. The van der Waals surface area contributed by atoms with E-state index in [0.29, 0.717) is 18.1 Å². The second-order valence-electron chi connectivity index (χ2n) is 8.83. The zero-order chi connectivity index (χ0) is 20.4. The molecule has 1 fully saturated rings. The van der Waals surface area contributed by atoms with Gasteiger partial charge in [-0.25, -0.2) is 0 Å². The fourth-order valence-corrected chi connectivity index (χ4v) is 4.74. The molecule has 0 spiro atoms. The van der Waals surface area contributed by atoms with Crippen LogP contribution in [-0.4, -0.2) is 55.7 Å². The van der Waals surface area contributed by atoms with Crippen molar-refractivity contribution < 1.29 is 9.47 Å². The molecular formula is C25H34N2O2. The van der Waals surface area contributed by atoms with Crippen LogP contribution >= 0.6 is 0 Å². The lowest BCUT2D eigenvalue weighted by Crippen LogP contribution is -2.41. The fourth-order valence-electron chi connectivity index (χ4n) is 4.74. The molecule has 2 aliphatic heterocycles. The van der Waals surface area contributed by atoms with Gasteiger partial charge < -0.3 is 19.3 Å². The van der Waals surface area contributed by atoms with E-state index in [1.165, 1.54) is 16.7 Å². The fraction of sp³-hybridized carbons (Fsp3) is 0.520. The van der Waals surface area contributed by atoms with Crippen molar-refractivity contribution in [3.05, 3.63) is 59.2 Å². The minimum Gasteiger partial charge on any atom is -0.497 e. The summed E-state index contributed by atoms with van der Waals surface area (Å²) in [6, 6.07) is 15.8. The molecule has 29 heavy (non-hydrogen) atoms. The molecule has 0 radical (unpaired) electrons. The van der Waals surface area contributed by atoms with E-state index in [2.05, 4.69) is 67.1 Å². The summed E-state index contributed by atoms with van der Waals surface area (Å²) in [6.07, 6.45) is 2.56. The number of hydrogen-bond donors (Lipinski definition) is 0. The predicted octanol–water partition coefficient (Wildman–Crippen LogP) is 4.52. The molecule has 0 aromatic heterocycles. The van der Waals surface area contributed by atoms with Crippen LogP contribution in [0, 0.1) is 0 Å². The van der Waals surface area contributed by atoms with Gasteiger partial charge in [-0.3, -0.25) is 0 Å². The van der Waals surface area contributed by atoms with Crippen molar-refractivity contribution in [2.45, 2.75) is 51.3 Å². The largest absolute Gasteiger partial charge is 0.497 e. The average molecular weight is 395 g/mol. The van der Waals surface area contributed by atoms with Gasteiger partial charge in [-0.15, -0.1) is 0 Å². The summed E-state index contributed by atoms with van der Waals surface area (Å²) in [5.41, 5.74) is 4.11. The van der Waals surface area contributed by atoms with Crippen molar-refractivity contribution in [2.24, 2.45) is 0 Å². The maximum Gasteiger partial charge on any atom is 0.120 e.